The average molecular weight is 301 g/mol. The van der Waals surface area contributed by atoms with Crippen LogP contribution in [0.1, 0.15) is 34.1 Å². The molecule has 0 aromatic heterocycles. The normalized spacial score (nSPS) is 10.9. The van der Waals surface area contributed by atoms with Crippen LogP contribution in [0.2, 0.25) is 0 Å². The van der Waals surface area contributed by atoms with Gasteiger partial charge in [-0.2, -0.15) is 8.42 Å². The first-order chi connectivity index (χ1) is 9.26. The number of rotatable bonds is 6. The van der Waals surface area contributed by atoms with Crippen molar-refractivity contribution in [2.45, 2.75) is 13.3 Å². The van der Waals surface area contributed by atoms with Crippen molar-refractivity contribution in [3.05, 3.63) is 29.3 Å². The Bertz CT molecular complexity index is 623. The lowest BCUT2D eigenvalue weighted by molar-refractivity contribution is 0.0690. The lowest BCUT2D eigenvalue weighted by Gasteiger charge is -2.12. The number of carbonyl (C=O) groups is 2. The zero-order valence-electron chi connectivity index (χ0n) is 11.0. The largest absolute Gasteiger partial charge is 0.478 e. The third kappa shape index (κ3) is 4.23. The van der Waals surface area contributed by atoms with Crippen molar-refractivity contribution >= 4 is 22.0 Å². The molecule has 0 aliphatic carbocycles. The van der Waals surface area contributed by atoms with Gasteiger partial charge in [0.25, 0.3) is 5.91 Å². The SMILES string of the molecule is CCCNC(=O)c1c(OS(C)(=O)=O)cccc1C(=O)O. The highest BCUT2D eigenvalue weighted by atomic mass is 32.2. The van der Waals surface area contributed by atoms with Gasteiger partial charge >= 0.3 is 16.1 Å². The number of benzene rings is 1. The molecule has 0 saturated carbocycles. The molecule has 0 aliphatic rings. The zero-order valence-corrected chi connectivity index (χ0v) is 11.9. The number of carboxylic acid groups (broad SMARTS) is 1. The molecule has 20 heavy (non-hydrogen) atoms. The molecule has 110 valence electrons. The van der Waals surface area contributed by atoms with Crippen LogP contribution in [0.15, 0.2) is 18.2 Å². The van der Waals surface area contributed by atoms with Gasteiger partial charge in [-0.15, -0.1) is 0 Å². The predicted molar refractivity (Wildman–Crippen MR) is 71.5 cm³/mol. The summed E-state index contributed by atoms with van der Waals surface area (Å²) in [5, 5.41) is 11.6. The smallest absolute Gasteiger partial charge is 0.336 e. The maximum atomic E-state index is 12.0. The van der Waals surface area contributed by atoms with Gasteiger partial charge in [-0.3, -0.25) is 4.79 Å². The molecule has 0 bridgehead atoms. The van der Waals surface area contributed by atoms with Crippen molar-refractivity contribution in [3.8, 4) is 5.75 Å². The maximum absolute atomic E-state index is 12.0. The summed E-state index contributed by atoms with van der Waals surface area (Å²) in [6, 6.07) is 3.74. The molecule has 8 heteroatoms. The van der Waals surface area contributed by atoms with Crippen molar-refractivity contribution in [1.29, 1.82) is 0 Å². The van der Waals surface area contributed by atoms with Gasteiger partial charge in [0, 0.05) is 6.54 Å². The molecule has 0 radical (unpaired) electrons. The molecule has 1 aromatic rings. The maximum Gasteiger partial charge on any atom is 0.336 e. The minimum absolute atomic E-state index is 0.305. The van der Waals surface area contributed by atoms with E-state index in [9.17, 15) is 18.0 Å². The van der Waals surface area contributed by atoms with Gasteiger partial charge < -0.3 is 14.6 Å². The van der Waals surface area contributed by atoms with Gasteiger partial charge in [0.15, 0.2) is 5.75 Å². The fourth-order valence-corrected chi connectivity index (χ4v) is 1.97. The van der Waals surface area contributed by atoms with Crippen LogP contribution >= 0.6 is 0 Å². The van der Waals surface area contributed by atoms with E-state index >= 15 is 0 Å². The third-order valence-corrected chi connectivity index (χ3v) is 2.74. The van der Waals surface area contributed by atoms with Crippen LogP contribution in [0.4, 0.5) is 0 Å². The molecule has 7 nitrogen and oxygen atoms in total. The molecule has 0 unspecified atom stereocenters. The molecule has 1 aromatic carbocycles. The molecule has 1 rings (SSSR count). The second kappa shape index (κ2) is 6.38. The van der Waals surface area contributed by atoms with E-state index in [1.54, 1.807) is 0 Å². The molecule has 0 fully saturated rings. The van der Waals surface area contributed by atoms with Crippen molar-refractivity contribution in [2.75, 3.05) is 12.8 Å². The highest BCUT2D eigenvalue weighted by Gasteiger charge is 2.23. The minimum Gasteiger partial charge on any atom is -0.478 e. The standard InChI is InChI=1S/C12H15NO6S/c1-3-7-13-11(14)10-8(12(15)16)5-4-6-9(10)19-20(2,17)18/h4-6H,3,7H2,1-2H3,(H,13,14)(H,15,16). The molecule has 0 saturated heterocycles. The molecule has 1 amide bonds. The van der Waals surface area contributed by atoms with E-state index in [-0.39, 0.29) is 16.9 Å². The summed E-state index contributed by atoms with van der Waals surface area (Å²) in [6.45, 7) is 2.17. The second-order valence-electron chi connectivity index (χ2n) is 4.03. The first kappa shape index (κ1) is 16.0. The van der Waals surface area contributed by atoms with Crippen molar-refractivity contribution in [3.63, 3.8) is 0 Å². The van der Waals surface area contributed by atoms with Crippen LogP contribution in [0, 0.1) is 0 Å². The van der Waals surface area contributed by atoms with Crippen molar-refractivity contribution < 1.29 is 27.3 Å². The second-order valence-corrected chi connectivity index (χ2v) is 5.60. The molecule has 0 aliphatic heterocycles. The summed E-state index contributed by atoms with van der Waals surface area (Å²) in [6.07, 6.45) is 1.47. The number of amides is 1. The van der Waals surface area contributed by atoms with Gasteiger partial charge in [-0.25, -0.2) is 4.79 Å². The zero-order chi connectivity index (χ0) is 15.3. The van der Waals surface area contributed by atoms with Crippen LogP contribution in [0.5, 0.6) is 5.75 Å². The molecule has 0 heterocycles. The predicted octanol–water partition coefficient (Wildman–Crippen LogP) is 0.863. The van der Waals surface area contributed by atoms with Gasteiger partial charge in [-0.1, -0.05) is 13.0 Å². The first-order valence-corrected chi connectivity index (χ1v) is 7.62. The van der Waals surface area contributed by atoms with E-state index in [1.165, 1.54) is 18.2 Å². The fourth-order valence-electron chi connectivity index (χ4n) is 1.50. The quantitative estimate of drug-likeness (QED) is 0.754. The lowest BCUT2D eigenvalue weighted by atomic mass is 10.1. The summed E-state index contributed by atoms with van der Waals surface area (Å²) < 4.78 is 27.0. The molecule has 2 N–H and O–H groups in total. The van der Waals surface area contributed by atoms with Crippen LogP contribution < -0.4 is 9.50 Å². The Morgan fingerprint density at radius 3 is 2.50 bits per heavy atom. The summed E-state index contributed by atoms with van der Waals surface area (Å²) in [5.41, 5.74) is -0.626. The minimum atomic E-state index is -3.87. The van der Waals surface area contributed by atoms with Gasteiger partial charge in [-0.05, 0) is 18.6 Å². The number of hydrogen-bond acceptors (Lipinski definition) is 5. The van der Waals surface area contributed by atoms with Crippen molar-refractivity contribution in [1.82, 2.24) is 5.32 Å². The average Bonchev–Trinajstić information content (AvgIpc) is 2.33. The Kier molecular flexibility index (Phi) is 5.09. The Hall–Kier alpha value is -2.09. The number of carboxylic acids is 1. The Labute approximate surface area is 116 Å². The molecular formula is C12H15NO6S. The van der Waals surface area contributed by atoms with E-state index < -0.39 is 22.0 Å². The number of nitrogens with one attached hydrogen (secondary N) is 1. The molecule has 0 spiro atoms. The Morgan fingerprint density at radius 1 is 1.35 bits per heavy atom. The van der Waals surface area contributed by atoms with E-state index in [0.29, 0.717) is 13.0 Å². The Balaban J connectivity index is 3.33. The van der Waals surface area contributed by atoms with E-state index in [4.69, 9.17) is 5.11 Å². The number of aromatic carboxylic acids is 1. The van der Waals surface area contributed by atoms with Crippen LogP contribution in [0.25, 0.3) is 0 Å². The van der Waals surface area contributed by atoms with Crippen LogP contribution in [-0.2, 0) is 10.1 Å². The summed E-state index contributed by atoms with van der Waals surface area (Å²) >= 11 is 0. The van der Waals surface area contributed by atoms with E-state index in [1.807, 2.05) is 6.92 Å². The van der Waals surface area contributed by atoms with Crippen molar-refractivity contribution in [2.24, 2.45) is 0 Å². The third-order valence-electron chi connectivity index (χ3n) is 2.26. The molecule has 0 atom stereocenters. The van der Waals surface area contributed by atoms with Crippen LogP contribution in [-0.4, -0.2) is 38.2 Å². The molecular weight excluding hydrogens is 286 g/mol. The number of carbonyl (C=O) groups excluding carboxylic acids is 1. The lowest BCUT2D eigenvalue weighted by Crippen LogP contribution is -2.27. The Morgan fingerprint density at radius 2 is 2.00 bits per heavy atom. The van der Waals surface area contributed by atoms with Gasteiger partial charge in [0.1, 0.15) is 0 Å². The highest BCUT2D eigenvalue weighted by molar-refractivity contribution is 7.86. The van der Waals surface area contributed by atoms with Gasteiger partial charge in [0.05, 0.1) is 17.4 Å². The first-order valence-electron chi connectivity index (χ1n) is 5.80. The summed E-state index contributed by atoms with van der Waals surface area (Å²) in [5.74, 6) is -2.34. The van der Waals surface area contributed by atoms with Crippen LogP contribution in [0.3, 0.4) is 0 Å². The van der Waals surface area contributed by atoms with Gasteiger partial charge in [0.2, 0.25) is 0 Å². The van der Waals surface area contributed by atoms with E-state index in [0.717, 1.165) is 6.26 Å². The summed E-state index contributed by atoms with van der Waals surface area (Å²) in [4.78, 5) is 23.1. The van der Waals surface area contributed by atoms with E-state index in [2.05, 4.69) is 9.50 Å². The summed E-state index contributed by atoms with van der Waals surface area (Å²) in [7, 11) is -3.87. The highest BCUT2D eigenvalue weighted by Crippen LogP contribution is 2.24. The number of hydrogen-bond donors (Lipinski definition) is 2. The fraction of sp³-hybridized carbons (Fsp3) is 0.333. The topological polar surface area (TPSA) is 110 Å². The monoisotopic (exact) mass is 301 g/mol.